The average Bonchev–Trinajstić information content (AvgIpc) is 3.14. The highest BCUT2D eigenvalue weighted by molar-refractivity contribution is 7.15. The number of fused-ring (bicyclic) bond motifs is 1. The maximum atomic E-state index is 4.33. The van der Waals surface area contributed by atoms with Crippen LogP contribution in [0.4, 0.5) is 10.8 Å². The van der Waals surface area contributed by atoms with Crippen molar-refractivity contribution >= 4 is 33.1 Å². The number of aromatic nitrogens is 3. The SMILES string of the molecule is Cc1[nH]c2ccccc2c1Cc1nnc(Nc2ccccc2)s1. The van der Waals surface area contributed by atoms with Gasteiger partial charge in [-0.15, -0.1) is 10.2 Å². The summed E-state index contributed by atoms with van der Waals surface area (Å²) in [6.45, 7) is 2.11. The minimum absolute atomic E-state index is 0.796. The van der Waals surface area contributed by atoms with Gasteiger partial charge in [0.1, 0.15) is 5.01 Å². The number of rotatable bonds is 4. The Kier molecular flexibility index (Phi) is 3.55. The van der Waals surface area contributed by atoms with Gasteiger partial charge in [0.2, 0.25) is 5.13 Å². The largest absolute Gasteiger partial charge is 0.358 e. The van der Waals surface area contributed by atoms with Gasteiger partial charge in [-0.25, -0.2) is 0 Å². The van der Waals surface area contributed by atoms with Gasteiger partial charge >= 0.3 is 0 Å². The van der Waals surface area contributed by atoms with E-state index in [4.69, 9.17) is 0 Å². The van der Waals surface area contributed by atoms with Gasteiger partial charge in [0.15, 0.2) is 0 Å². The number of benzene rings is 2. The molecule has 0 aliphatic carbocycles. The Morgan fingerprint density at radius 3 is 2.65 bits per heavy atom. The molecule has 4 rings (SSSR count). The molecule has 0 amide bonds. The summed E-state index contributed by atoms with van der Waals surface area (Å²) in [5.41, 5.74) is 4.69. The van der Waals surface area contributed by atoms with Gasteiger partial charge in [0.25, 0.3) is 0 Å². The normalized spacial score (nSPS) is 11.0. The summed E-state index contributed by atoms with van der Waals surface area (Å²) in [6.07, 6.45) is 0.796. The molecule has 4 nitrogen and oxygen atoms in total. The predicted molar refractivity (Wildman–Crippen MR) is 95.5 cm³/mol. The number of para-hydroxylation sites is 2. The number of nitrogens with one attached hydrogen (secondary N) is 2. The van der Waals surface area contributed by atoms with Crippen molar-refractivity contribution in [3.63, 3.8) is 0 Å². The van der Waals surface area contributed by atoms with Crippen LogP contribution in [-0.4, -0.2) is 15.2 Å². The van der Waals surface area contributed by atoms with E-state index in [0.29, 0.717) is 0 Å². The molecule has 2 aromatic carbocycles. The Morgan fingerprint density at radius 1 is 1.00 bits per heavy atom. The lowest BCUT2D eigenvalue weighted by atomic mass is 10.1. The number of nitrogens with zero attached hydrogens (tertiary/aromatic N) is 2. The Balaban J connectivity index is 1.58. The molecule has 0 saturated heterocycles. The van der Waals surface area contributed by atoms with Gasteiger partial charge in [-0.2, -0.15) is 0 Å². The Morgan fingerprint density at radius 2 is 1.78 bits per heavy atom. The highest BCUT2D eigenvalue weighted by Crippen LogP contribution is 2.27. The lowest BCUT2D eigenvalue weighted by Gasteiger charge is -2.00. The zero-order valence-corrected chi connectivity index (χ0v) is 13.5. The van der Waals surface area contributed by atoms with E-state index in [1.807, 2.05) is 30.3 Å². The maximum Gasteiger partial charge on any atom is 0.210 e. The molecule has 0 aliphatic rings. The van der Waals surface area contributed by atoms with Crippen LogP contribution in [0.3, 0.4) is 0 Å². The molecule has 0 atom stereocenters. The molecule has 23 heavy (non-hydrogen) atoms. The molecule has 0 fully saturated rings. The van der Waals surface area contributed by atoms with Crippen LogP contribution in [0, 0.1) is 6.92 Å². The van der Waals surface area contributed by atoms with Gasteiger partial charge in [-0.3, -0.25) is 0 Å². The van der Waals surface area contributed by atoms with Gasteiger partial charge in [0.05, 0.1) is 0 Å². The summed E-state index contributed by atoms with van der Waals surface area (Å²) in [6, 6.07) is 18.4. The second kappa shape index (κ2) is 5.85. The third kappa shape index (κ3) is 2.83. The van der Waals surface area contributed by atoms with Crippen molar-refractivity contribution in [3.05, 3.63) is 70.9 Å². The molecule has 0 aliphatic heterocycles. The average molecular weight is 320 g/mol. The number of hydrogen-bond donors (Lipinski definition) is 2. The zero-order chi connectivity index (χ0) is 15.6. The predicted octanol–water partition coefficient (Wildman–Crippen LogP) is 4.66. The van der Waals surface area contributed by atoms with E-state index < -0.39 is 0 Å². The standard InChI is InChI=1S/C18H16N4S/c1-12-15(14-9-5-6-10-16(14)19-12)11-17-21-22-18(23-17)20-13-7-3-2-4-8-13/h2-10,19H,11H2,1H3,(H,20,22). The van der Waals surface area contributed by atoms with E-state index >= 15 is 0 Å². The third-order valence-electron chi connectivity index (χ3n) is 3.85. The Bertz CT molecular complexity index is 940. The summed E-state index contributed by atoms with van der Waals surface area (Å²) in [5.74, 6) is 0. The minimum atomic E-state index is 0.796. The molecule has 2 N–H and O–H groups in total. The number of aryl methyl sites for hydroxylation is 1. The van der Waals surface area contributed by atoms with Gasteiger partial charge in [-0.1, -0.05) is 47.7 Å². The van der Waals surface area contributed by atoms with Crippen LogP contribution < -0.4 is 5.32 Å². The lowest BCUT2D eigenvalue weighted by molar-refractivity contribution is 1.00. The number of H-pyrrole nitrogens is 1. The van der Waals surface area contributed by atoms with Gasteiger partial charge < -0.3 is 10.3 Å². The summed E-state index contributed by atoms with van der Waals surface area (Å²) in [5, 5.41) is 15.0. The zero-order valence-electron chi connectivity index (χ0n) is 12.7. The van der Waals surface area contributed by atoms with Gasteiger partial charge in [0, 0.05) is 28.7 Å². The molecule has 114 valence electrons. The van der Waals surface area contributed by atoms with Crippen molar-refractivity contribution in [1.82, 2.24) is 15.2 Å². The monoisotopic (exact) mass is 320 g/mol. The van der Waals surface area contributed by atoms with Crippen LogP contribution in [0.5, 0.6) is 0 Å². The van der Waals surface area contributed by atoms with E-state index in [2.05, 4.69) is 51.7 Å². The maximum absolute atomic E-state index is 4.33. The fourth-order valence-corrected chi connectivity index (χ4v) is 3.51. The quantitative estimate of drug-likeness (QED) is 0.575. The molecule has 5 heteroatoms. The van der Waals surface area contributed by atoms with Crippen LogP contribution >= 0.6 is 11.3 Å². The summed E-state index contributed by atoms with van der Waals surface area (Å²) < 4.78 is 0. The Hall–Kier alpha value is -2.66. The first kappa shape index (κ1) is 14.0. The Labute approximate surface area is 138 Å². The van der Waals surface area contributed by atoms with Crippen molar-refractivity contribution in [2.75, 3.05) is 5.32 Å². The highest BCUT2D eigenvalue weighted by Gasteiger charge is 2.12. The van der Waals surface area contributed by atoms with Crippen LogP contribution in [0.2, 0.25) is 0 Å². The number of anilines is 2. The second-order valence-corrected chi connectivity index (χ2v) is 6.50. The lowest BCUT2D eigenvalue weighted by Crippen LogP contribution is -1.89. The fourth-order valence-electron chi connectivity index (χ4n) is 2.73. The van der Waals surface area contributed by atoms with E-state index in [1.54, 1.807) is 11.3 Å². The van der Waals surface area contributed by atoms with Crippen LogP contribution in [0.25, 0.3) is 10.9 Å². The molecular formula is C18H16N4S. The van der Waals surface area contributed by atoms with Crippen molar-refractivity contribution in [3.8, 4) is 0 Å². The molecule has 4 aromatic rings. The first-order valence-corrected chi connectivity index (χ1v) is 8.32. The topological polar surface area (TPSA) is 53.6 Å². The number of hydrogen-bond acceptors (Lipinski definition) is 4. The molecule has 2 aromatic heterocycles. The van der Waals surface area contributed by atoms with E-state index in [0.717, 1.165) is 22.2 Å². The molecule has 0 radical (unpaired) electrons. The minimum Gasteiger partial charge on any atom is -0.358 e. The van der Waals surface area contributed by atoms with Crippen LogP contribution in [-0.2, 0) is 6.42 Å². The first-order chi connectivity index (χ1) is 11.3. The first-order valence-electron chi connectivity index (χ1n) is 7.50. The van der Waals surface area contributed by atoms with Crippen molar-refractivity contribution in [2.45, 2.75) is 13.3 Å². The summed E-state index contributed by atoms with van der Waals surface area (Å²) in [4.78, 5) is 3.43. The molecular weight excluding hydrogens is 304 g/mol. The van der Waals surface area contributed by atoms with Gasteiger partial charge in [-0.05, 0) is 30.7 Å². The van der Waals surface area contributed by atoms with Crippen molar-refractivity contribution in [1.29, 1.82) is 0 Å². The number of aromatic amines is 1. The molecule has 0 unspecified atom stereocenters. The van der Waals surface area contributed by atoms with Crippen molar-refractivity contribution in [2.24, 2.45) is 0 Å². The summed E-state index contributed by atoms with van der Waals surface area (Å²) in [7, 11) is 0. The molecule has 0 saturated carbocycles. The second-order valence-electron chi connectivity index (χ2n) is 5.44. The van der Waals surface area contributed by atoms with Crippen LogP contribution in [0.15, 0.2) is 54.6 Å². The fraction of sp³-hybridized carbons (Fsp3) is 0.111. The van der Waals surface area contributed by atoms with Crippen LogP contribution in [0.1, 0.15) is 16.3 Å². The van der Waals surface area contributed by atoms with Crippen molar-refractivity contribution < 1.29 is 0 Å². The molecule has 0 bridgehead atoms. The van der Waals surface area contributed by atoms with E-state index in [9.17, 15) is 0 Å². The highest BCUT2D eigenvalue weighted by atomic mass is 32.1. The molecule has 2 heterocycles. The van der Waals surface area contributed by atoms with E-state index in [1.165, 1.54) is 22.2 Å². The van der Waals surface area contributed by atoms with E-state index in [-0.39, 0.29) is 0 Å². The smallest absolute Gasteiger partial charge is 0.210 e. The summed E-state index contributed by atoms with van der Waals surface area (Å²) >= 11 is 1.60. The third-order valence-corrected chi connectivity index (χ3v) is 4.69. The molecule has 0 spiro atoms.